The Labute approximate surface area is 114 Å². The molecule has 7 nitrogen and oxygen atoms in total. The summed E-state index contributed by atoms with van der Waals surface area (Å²) in [6.45, 7) is 3.68. The van der Waals surface area contributed by atoms with Crippen LogP contribution in [-0.2, 0) is 11.3 Å². The van der Waals surface area contributed by atoms with Gasteiger partial charge in [0.05, 0.1) is 12.8 Å². The molecule has 0 aliphatic heterocycles. The lowest BCUT2D eigenvalue weighted by molar-refractivity contribution is 0.0520. The Kier molecular flexibility index (Phi) is 4.85. The first-order chi connectivity index (χ1) is 9.29. The van der Waals surface area contributed by atoms with Crippen LogP contribution >= 0.6 is 11.3 Å². The summed E-state index contributed by atoms with van der Waals surface area (Å²) in [6.07, 6.45) is 4.37. The summed E-state index contributed by atoms with van der Waals surface area (Å²) in [6, 6.07) is 0. The van der Waals surface area contributed by atoms with E-state index in [-0.39, 0.29) is 5.97 Å². The van der Waals surface area contributed by atoms with E-state index >= 15 is 0 Å². The highest BCUT2D eigenvalue weighted by Gasteiger charge is 2.10. The van der Waals surface area contributed by atoms with Crippen molar-refractivity contribution in [3.05, 3.63) is 23.5 Å². The fourth-order valence-electron chi connectivity index (χ4n) is 1.44. The number of ether oxygens (including phenoxy) is 1. The smallest absolute Gasteiger partial charge is 0.357 e. The number of carbonyl (C=O) groups excluding carboxylic acids is 1. The molecule has 2 heterocycles. The highest BCUT2D eigenvalue weighted by Crippen LogP contribution is 2.15. The van der Waals surface area contributed by atoms with E-state index in [2.05, 4.69) is 20.6 Å². The van der Waals surface area contributed by atoms with Crippen molar-refractivity contribution in [3.8, 4) is 0 Å². The van der Waals surface area contributed by atoms with Gasteiger partial charge in [-0.05, 0) is 13.3 Å². The van der Waals surface area contributed by atoms with Gasteiger partial charge in [-0.25, -0.2) is 9.78 Å². The second-order valence-electron chi connectivity index (χ2n) is 3.70. The van der Waals surface area contributed by atoms with Crippen LogP contribution in [0.4, 0.5) is 5.13 Å². The number of nitrogens with one attached hydrogen (secondary N) is 1. The highest BCUT2D eigenvalue weighted by atomic mass is 32.1. The summed E-state index contributed by atoms with van der Waals surface area (Å²) in [5, 5.41) is 13.2. The number of hydrogen-bond acceptors (Lipinski definition) is 7. The van der Waals surface area contributed by atoms with Crippen LogP contribution in [0.15, 0.2) is 17.8 Å². The van der Waals surface area contributed by atoms with Crippen molar-refractivity contribution in [2.75, 3.05) is 18.5 Å². The van der Waals surface area contributed by atoms with Crippen molar-refractivity contribution in [2.24, 2.45) is 0 Å². The average Bonchev–Trinajstić information content (AvgIpc) is 3.06. The molecule has 19 heavy (non-hydrogen) atoms. The van der Waals surface area contributed by atoms with Crippen molar-refractivity contribution in [2.45, 2.75) is 19.9 Å². The number of hydrogen-bond donors (Lipinski definition) is 1. The minimum atomic E-state index is -0.380. The van der Waals surface area contributed by atoms with Gasteiger partial charge in [-0.1, -0.05) is 5.21 Å². The van der Waals surface area contributed by atoms with E-state index in [1.165, 1.54) is 11.3 Å². The molecule has 8 heteroatoms. The molecule has 102 valence electrons. The summed E-state index contributed by atoms with van der Waals surface area (Å²) in [7, 11) is 0. The molecule has 0 fully saturated rings. The topological polar surface area (TPSA) is 81.9 Å². The lowest BCUT2D eigenvalue weighted by atomic mass is 10.4. The molecule has 0 spiro atoms. The predicted octanol–water partition coefficient (Wildman–Crippen LogP) is 1.41. The fraction of sp³-hybridized carbons (Fsp3) is 0.455. The van der Waals surface area contributed by atoms with Crippen LogP contribution in [0.1, 0.15) is 23.8 Å². The van der Waals surface area contributed by atoms with Crippen LogP contribution in [0.5, 0.6) is 0 Å². The van der Waals surface area contributed by atoms with E-state index in [1.54, 1.807) is 23.2 Å². The molecule has 0 aliphatic rings. The first-order valence-electron chi connectivity index (χ1n) is 6.00. The van der Waals surface area contributed by atoms with Gasteiger partial charge in [0.1, 0.15) is 0 Å². The Balaban J connectivity index is 1.72. The van der Waals surface area contributed by atoms with Crippen LogP contribution in [0.25, 0.3) is 0 Å². The number of carbonyl (C=O) groups is 1. The minimum Gasteiger partial charge on any atom is -0.461 e. The van der Waals surface area contributed by atoms with Gasteiger partial charge in [-0.15, -0.1) is 16.4 Å². The zero-order chi connectivity index (χ0) is 13.5. The van der Waals surface area contributed by atoms with Crippen molar-refractivity contribution < 1.29 is 9.53 Å². The zero-order valence-corrected chi connectivity index (χ0v) is 11.4. The normalized spacial score (nSPS) is 10.4. The van der Waals surface area contributed by atoms with Crippen molar-refractivity contribution >= 4 is 22.4 Å². The SMILES string of the molecule is CCOC(=O)c1csc(NCCCn2ccnn2)n1. The molecule has 2 aromatic heterocycles. The number of aryl methyl sites for hydroxylation is 1. The standard InChI is InChI=1S/C11H15N5O2S/c1-2-18-10(17)9-8-19-11(14-9)12-4-3-6-16-7-5-13-15-16/h5,7-8H,2-4,6H2,1H3,(H,12,14). The molecule has 0 saturated heterocycles. The molecule has 0 unspecified atom stereocenters. The third-order valence-electron chi connectivity index (χ3n) is 2.30. The Bertz CT molecular complexity index is 511. The Morgan fingerprint density at radius 2 is 2.47 bits per heavy atom. The minimum absolute atomic E-state index is 0.352. The summed E-state index contributed by atoms with van der Waals surface area (Å²) < 4.78 is 6.65. The number of anilines is 1. The van der Waals surface area contributed by atoms with Crippen LogP contribution in [0, 0.1) is 0 Å². The molecular formula is C11H15N5O2S. The molecule has 0 bridgehead atoms. The number of aromatic nitrogens is 4. The third-order valence-corrected chi connectivity index (χ3v) is 3.10. The van der Waals surface area contributed by atoms with Crippen molar-refractivity contribution in [1.29, 1.82) is 0 Å². The fourth-order valence-corrected chi connectivity index (χ4v) is 2.15. The summed E-state index contributed by atoms with van der Waals surface area (Å²) in [5.41, 5.74) is 0.352. The third kappa shape index (κ3) is 4.02. The van der Waals surface area contributed by atoms with Gasteiger partial charge in [-0.2, -0.15) is 0 Å². The molecular weight excluding hydrogens is 266 g/mol. The zero-order valence-electron chi connectivity index (χ0n) is 10.6. The highest BCUT2D eigenvalue weighted by molar-refractivity contribution is 7.13. The van der Waals surface area contributed by atoms with Gasteiger partial charge in [0.15, 0.2) is 10.8 Å². The van der Waals surface area contributed by atoms with Crippen LogP contribution in [0.3, 0.4) is 0 Å². The molecule has 0 aliphatic carbocycles. The Morgan fingerprint density at radius 3 is 3.21 bits per heavy atom. The van der Waals surface area contributed by atoms with E-state index in [0.29, 0.717) is 12.3 Å². The molecule has 1 N–H and O–H groups in total. The molecule has 0 atom stereocenters. The van der Waals surface area contributed by atoms with Gasteiger partial charge in [0.25, 0.3) is 0 Å². The van der Waals surface area contributed by atoms with Gasteiger partial charge >= 0.3 is 5.97 Å². The predicted molar refractivity (Wildman–Crippen MR) is 71.2 cm³/mol. The second kappa shape index (κ2) is 6.83. The van der Waals surface area contributed by atoms with Crippen LogP contribution < -0.4 is 5.32 Å². The quantitative estimate of drug-likeness (QED) is 0.610. The maximum absolute atomic E-state index is 11.4. The molecule has 0 radical (unpaired) electrons. The van der Waals surface area contributed by atoms with Gasteiger partial charge < -0.3 is 10.1 Å². The molecule has 0 aromatic carbocycles. The monoisotopic (exact) mass is 281 g/mol. The lowest BCUT2D eigenvalue weighted by Crippen LogP contribution is -2.08. The molecule has 2 aromatic rings. The number of thiazole rings is 1. The maximum atomic E-state index is 11.4. The van der Waals surface area contributed by atoms with Crippen molar-refractivity contribution in [1.82, 2.24) is 20.0 Å². The summed E-state index contributed by atoms with van der Waals surface area (Å²) in [4.78, 5) is 15.6. The molecule has 2 rings (SSSR count). The second-order valence-corrected chi connectivity index (χ2v) is 4.56. The van der Waals surface area contributed by atoms with Crippen LogP contribution in [0.2, 0.25) is 0 Å². The molecule has 0 amide bonds. The van der Waals surface area contributed by atoms with E-state index in [0.717, 1.165) is 24.6 Å². The number of esters is 1. The van der Waals surface area contributed by atoms with E-state index in [1.807, 2.05) is 6.20 Å². The lowest BCUT2D eigenvalue weighted by Gasteiger charge is -2.02. The summed E-state index contributed by atoms with van der Waals surface area (Å²) >= 11 is 1.39. The number of rotatable bonds is 7. The van der Waals surface area contributed by atoms with Crippen LogP contribution in [-0.4, -0.2) is 39.1 Å². The first kappa shape index (κ1) is 13.5. The molecule has 0 saturated carbocycles. The Morgan fingerprint density at radius 1 is 1.58 bits per heavy atom. The first-order valence-corrected chi connectivity index (χ1v) is 6.88. The largest absolute Gasteiger partial charge is 0.461 e. The van der Waals surface area contributed by atoms with E-state index in [9.17, 15) is 4.79 Å². The Hall–Kier alpha value is -1.96. The average molecular weight is 281 g/mol. The van der Waals surface area contributed by atoms with Gasteiger partial charge in [-0.3, -0.25) is 4.68 Å². The van der Waals surface area contributed by atoms with E-state index < -0.39 is 0 Å². The summed E-state index contributed by atoms with van der Waals surface area (Å²) in [5.74, 6) is -0.380. The van der Waals surface area contributed by atoms with Gasteiger partial charge in [0.2, 0.25) is 0 Å². The maximum Gasteiger partial charge on any atom is 0.357 e. The van der Waals surface area contributed by atoms with Gasteiger partial charge in [0, 0.05) is 24.7 Å². The number of nitrogens with zero attached hydrogens (tertiary/aromatic N) is 4. The van der Waals surface area contributed by atoms with E-state index in [4.69, 9.17) is 4.74 Å². The van der Waals surface area contributed by atoms with Crippen molar-refractivity contribution in [3.63, 3.8) is 0 Å².